The molecule has 2 heterocycles. The lowest BCUT2D eigenvalue weighted by atomic mass is 9.82. The van der Waals surface area contributed by atoms with Crippen molar-refractivity contribution >= 4 is 51.5 Å². The number of hydrogen-bond acceptors (Lipinski definition) is 7. The first-order chi connectivity index (χ1) is 20.7. The molecule has 0 unspecified atom stereocenters. The molecule has 0 amide bonds. The molecule has 44 heavy (non-hydrogen) atoms. The topological polar surface area (TPSA) is 94.0 Å². The van der Waals surface area contributed by atoms with Crippen molar-refractivity contribution in [2.24, 2.45) is 7.05 Å². The number of rotatable bonds is 8. The van der Waals surface area contributed by atoms with E-state index < -0.39 is 7.14 Å². The zero-order valence-corrected chi connectivity index (χ0v) is 28.8. The fourth-order valence-electron chi connectivity index (χ4n) is 5.18. The number of hydrogen-bond donors (Lipinski definition) is 2. The van der Waals surface area contributed by atoms with Gasteiger partial charge in [0.2, 0.25) is 5.95 Å². The molecule has 8 nitrogen and oxygen atoms in total. The second-order valence-electron chi connectivity index (χ2n) is 12.3. The van der Waals surface area contributed by atoms with E-state index in [1.54, 1.807) is 31.3 Å². The van der Waals surface area contributed by atoms with E-state index in [0.717, 1.165) is 50.1 Å². The van der Waals surface area contributed by atoms with Gasteiger partial charge in [-0.1, -0.05) is 51.1 Å². The van der Waals surface area contributed by atoms with Crippen LogP contribution in [0.4, 0.5) is 23.1 Å². The van der Waals surface area contributed by atoms with E-state index in [0.29, 0.717) is 22.0 Å². The molecule has 0 saturated carbocycles. The average molecular weight is 674 g/mol. The summed E-state index contributed by atoms with van der Waals surface area (Å²) >= 11 is 3.59. The van der Waals surface area contributed by atoms with Gasteiger partial charge in [0.05, 0.1) is 29.2 Å². The Labute approximate surface area is 267 Å². The highest BCUT2D eigenvalue weighted by molar-refractivity contribution is 9.10. The quantitative estimate of drug-likeness (QED) is 0.159. The first kappa shape index (κ1) is 31.5. The van der Waals surface area contributed by atoms with Crippen molar-refractivity contribution in [1.29, 1.82) is 0 Å². The van der Waals surface area contributed by atoms with Crippen molar-refractivity contribution in [3.63, 3.8) is 0 Å². The first-order valence-electron chi connectivity index (χ1n) is 14.3. The van der Waals surface area contributed by atoms with Crippen LogP contribution in [0.2, 0.25) is 0 Å². The lowest BCUT2D eigenvalue weighted by molar-refractivity contribution is 0.415. The van der Waals surface area contributed by atoms with Crippen molar-refractivity contribution in [2.45, 2.75) is 33.1 Å². The summed E-state index contributed by atoms with van der Waals surface area (Å²) in [6.45, 7) is 12.2. The second kappa shape index (κ2) is 12.2. The third-order valence-corrected chi connectivity index (χ3v) is 9.55. The van der Waals surface area contributed by atoms with Crippen LogP contribution in [0.3, 0.4) is 0 Å². The standard InChI is InChI=1S/C34H38BrN6O2P/c1-21-11-9-10-12-24(21)22-13-14-28(31(15-22)44(7,8)42)38-32-27(35)19-36-33(40-32)39-29-16-25(23-18-37-41(5)20-23)26(34(2,3)4)17-30(29)43-6/h9-20H,1-8H3,(H2,36,38,39,40). The van der Waals surface area contributed by atoms with Gasteiger partial charge in [-0.15, -0.1) is 0 Å². The Hall–Kier alpha value is -3.94. The molecule has 10 heteroatoms. The molecule has 5 aromatic rings. The van der Waals surface area contributed by atoms with Crippen LogP contribution < -0.4 is 20.7 Å². The Balaban J connectivity index is 1.53. The Kier molecular flexibility index (Phi) is 8.74. The van der Waals surface area contributed by atoms with Crippen molar-refractivity contribution < 1.29 is 9.30 Å². The molecule has 2 aromatic heterocycles. The summed E-state index contributed by atoms with van der Waals surface area (Å²) in [4.78, 5) is 9.32. The molecule has 0 bridgehead atoms. The van der Waals surface area contributed by atoms with Gasteiger partial charge < -0.3 is 19.9 Å². The SMILES string of the molecule is COc1cc(C(C)(C)C)c(-c2cnn(C)c2)cc1Nc1ncc(Br)c(Nc2ccc(-c3ccccc3C)cc2P(C)(C)=O)n1. The van der Waals surface area contributed by atoms with Gasteiger partial charge in [-0.3, -0.25) is 4.68 Å². The lowest BCUT2D eigenvalue weighted by Crippen LogP contribution is -2.14. The molecule has 228 valence electrons. The maximum Gasteiger partial charge on any atom is 0.229 e. The largest absolute Gasteiger partial charge is 0.495 e. The number of ether oxygens (including phenoxy) is 1. The fourth-order valence-corrected chi connectivity index (χ4v) is 6.63. The summed E-state index contributed by atoms with van der Waals surface area (Å²) in [5.41, 5.74) is 7.80. The summed E-state index contributed by atoms with van der Waals surface area (Å²) in [6, 6.07) is 18.3. The normalized spacial score (nSPS) is 11.8. The number of anilines is 4. The summed E-state index contributed by atoms with van der Waals surface area (Å²) in [6.07, 6.45) is 5.55. The van der Waals surface area contributed by atoms with Crippen LogP contribution >= 0.6 is 23.1 Å². The predicted octanol–water partition coefficient (Wildman–Crippen LogP) is 8.66. The number of nitrogens with one attached hydrogen (secondary N) is 2. The molecule has 0 fully saturated rings. The Morgan fingerprint density at radius 1 is 0.932 bits per heavy atom. The van der Waals surface area contributed by atoms with Gasteiger partial charge in [-0.2, -0.15) is 10.1 Å². The van der Waals surface area contributed by atoms with Gasteiger partial charge in [0.25, 0.3) is 0 Å². The molecular formula is C34H38BrN6O2P. The van der Waals surface area contributed by atoms with Gasteiger partial charge in [0.15, 0.2) is 0 Å². The van der Waals surface area contributed by atoms with Crippen LogP contribution in [0.15, 0.2) is 77.7 Å². The zero-order chi connectivity index (χ0) is 31.8. The number of nitrogens with zero attached hydrogens (tertiary/aromatic N) is 4. The molecule has 0 radical (unpaired) electrons. The van der Waals surface area contributed by atoms with Crippen molar-refractivity contribution in [2.75, 3.05) is 31.1 Å². The Bertz CT molecular complexity index is 1890. The summed E-state index contributed by atoms with van der Waals surface area (Å²) in [5, 5.41) is 11.9. The summed E-state index contributed by atoms with van der Waals surface area (Å²) in [7, 11) is 0.903. The van der Waals surface area contributed by atoms with E-state index in [-0.39, 0.29) is 5.41 Å². The molecule has 0 atom stereocenters. The van der Waals surface area contributed by atoms with E-state index in [2.05, 4.69) is 88.6 Å². The minimum Gasteiger partial charge on any atom is -0.495 e. The van der Waals surface area contributed by atoms with Crippen LogP contribution in [-0.2, 0) is 17.0 Å². The summed E-state index contributed by atoms with van der Waals surface area (Å²) < 4.78 is 21.8. The Morgan fingerprint density at radius 2 is 1.68 bits per heavy atom. The summed E-state index contributed by atoms with van der Waals surface area (Å²) in [5.74, 6) is 1.60. The highest BCUT2D eigenvalue weighted by Gasteiger charge is 2.24. The number of methoxy groups -OCH3 is 1. The van der Waals surface area contributed by atoms with Crippen molar-refractivity contribution in [3.8, 4) is 28.0 Å². The molecule has 2 N–H and O–H groups in total. The molecular weight excluding hydrogens is 635 g/mol. The molecule has 5 rings (SSSR count). The van der Waals surface area contributed by atoms with Gasteiger partial charge in [-0.25, -0.2) is 4.98 Å². The number of benzene rings is 3. The monoisotopic (exact) mass is 672 g/mol. The molecule has 0 spiro atoms. The van der Waals surface area contributed by atoms with E-state index in [4.69, 9.17) is 9.72 Å². The van der Waals surface area contributed by atoms with Gasteiger partial charge in [0.1, 0.15) is 18.7 Å². The highest BCUT2D eigenvalue weighted by atomic mass is 79.9. The van der Waals surface area contributed by atoms with Crippen molar-refractivity contribution in [3.05, 3.63) is 88.8 Å². The van der Waals surface area contributed by atoms with Crippen LogP contribution in [0.5, 0.6) is 5.75 Å². The maximum absolute atomic E-state index is 13.5. The third-order valence-electron chi connectivity index (χ3n) is 7.44. The molecule has 3 aromatic carbocycles. The van der Waals surface area contributed by atoms with Gasteiger partial charge >= 0.3 is 0 Å². The van der Waals surface area contributed by atoms with Crippen LogP contribution in [0.25, 0.3) is 22.3 Å². The lowest BCUT2D eigenvalue weighted by Gasteiger charge is -2.25. The predicted molar refractivity (Wildman–Crippen MR) is 186 cm³/mol. The third kappa shape index (κ3) is 6.74. The van der Waals surface area contributed by atoms with Crippen LogP contribution in [0, 0.1) is 6.92 Å². The van der Waals surface area contributed by atoms with E-state index in [1.807, 2.05) is 49.8 Å². The highest BCUT2D eigenvalue weighted by Crippen LogP contribution is 2.42. The second-order valence-corrected chi connectivity index (χ2v) is 16.3. The van der Waals surface area contributed by atoms with E-state index >= 15 is 0 Å². The number of halogens is 1. The first-order valence-corrected chi connectivity index (χ1v) is 17.7. The minimum absolute atomic E-state index is 0.132. The fraction of sp³-hybridized carbons (Fsp3) is 0.265. The maximum atomic E-state index is 13.5. The zero-order valence-electron chi connectivity index (χ0n) is 26.4. The van der Waals surface area contributed by atoms with Gasteiger partial charge in [0, 0.05) is 30.3 Å². The molecule has 0 aliphatic carbocycles. The molecule has 0 aliphatic rings. The average Bonchev–Trinajstić information content (AvgIpc) is 3.40. The van der Waals surface area contributed by atoms with Crippen LogP contribution in [-0.4, -0.2) is 40.2 Å². The Morgan fingerprint density at radius 3 is 2.32 bits per heavy atom. The number of aromatic nitrogens is 4. The van der Waals surface area contributed by atoms with Crippen LogP contribution in [0.1, 0.15) is 31.9 Å². The van der Waals surface area contributed by atoms with E-state index in [9.17, 15) is 4.57 Å². The smallest absolute Gasteiger partial charge is 0.229 e. The van der Waals surface area contributed by atoms with Gasteiger partial charge in [-0.05, 0) is 93.7 Å². The minimum atomic E-state index is -2.66. The van der Waals surface area contributed by atoms with E-state index in [1.165, 1.54) is 0 Å². The molecule has 0 aliphatic heterocycles. The van der Waals surface area contributed by atoms with Crippen molar-refractivity contribution in [1.82, 2.24) is 19.7 Å². The number of aryl methyl sites for hydroxylation is 2. The molecule has 0 saturated heterocycles.